The SMILES string of the molecule is CCC(C)N1CCCC(O)(CC(=O)O)C1. The smallest absolute Gasteiger partial charge is 0.306 e. The Labute approximate surface area is 90.9 Å². The van der Waals surface area contributed by atoms with Crippen LogP contribution in [0.1, 0.15) is 39.5 Å². The van der Waals surface area contributed by atoms with E-state index in [-0.39, 0.29) is 6.42 Å². The minimum atomic E-state index is -1.02. The van der Waals surface area contributed by atoms with E-state index in [1.165, 1.54) is 0 Å². The maximum absolute atomic E-state index is 10.6. The summed E-state index contributed by atoms with van der Waals surface area (Å²) < 4.78 is 0. The van der Waals surface area contributed by atoms with Crippen LogP contribution < -0.4 is 0 Å². The van der Waals surface area contributed by atoms with Crippen molar-refractivity contribution in [1.29, 1.82) is 0 Å². The van der Waals surface area contributed by atoms with Gasteiger partial charge >= 0.3 is 5.97 Å². The molecule has 88 valence electrons. The highest BCUT2D eigenvalue weighted by molar-refractivity contribution is 5.68. The van der Waals surface area contributed by atoms with E-state index in [4.69, 9.17) is 5.11 Å². The minimum absolute atomic E-state index is 0.139. The van der Waals surface area contributed by atoms with Crippen LogP contribution in [0.3, 0.4) is 0 Å². The molecule has 1 saturated heterocycles. The minimum Gasteiger partial charge on any atom is -0.481 e. The fraction of sp³-hybridized carbons (Fsp3) is 0.909. The number of carboxylic acids is 1. The quantitative estimate of drug-likeness (QED) is 0.737. The van der Waals surface area contributed by atoms with E-state index < -0.39 is 11.6 Å². The highest BCUT2D eigenvalue weighted by atomic mass is 16.4. The fourth-order valence-electron chi connectivity index (χ4n) is 2.21. The largest absolute Gasteiger partial charge is 0.481 e. The van der Waals surface area contributed by atoms with Gasteiger partial charge < -0.3 is 10.2 Å². The number of aliphatic carboxylic acids is 1. The van der Waals surface area contributed by atoms with Gasteiger partial charge in [0.1, 0.15) is 0 Å². The molecule has 2 atom stereocenters. The Hall–Kier alpha value is -0.610. The Morgan fingerprint density at radius 3 is 2.80 bits per heavy atom. The molecule has 0 aromatic heterocycles. The van der Waals surface area contributed by atoms with Crippen LogP contribution in [0.5, 0.6) is 0 Å². The lowest BCUT2D eigenvalue weighted by molar-refractivity contribution is -0.145. The van der Waals surface area contributed by atoms with Crippen LogP contribution in [-0.4, -0.2) is 45.8 Å². The standard InChI is InChI=1S/C11H21NO3/c1-3-9(2)12-6-4-5-11(15,8-12)7-10(13)14/h9,15H,3-8H2,1-2H3,(H,13,14). The van der Waals surface area contributed by atoms with Crippen LogP contribution >= 0.6 is 0 Å². The topological polar surface area (TPSA) is 60.8 Å². The molecule has 0 saturated carbocycles. The van der Waals surface area contributed by atoms with Gasteiger partial charge in [0, 0.05) is 12.6 Å². The van der Waals surface area contributed by atoms with E-state index in [0.717, 1.165) is 19.4 Å². The summed E-state index contributed by atoms with van der Waals surface area (Å²) in [5, 5.41) is 18.9. The zero-order valence-electron chi connectivity index (χ0n) is 9.57. The normalized spacial score (nSPS) is 30.1. The third kappa shape index (κ3) is 3.47. The molecule has 4 heteroatoms. The molecule has 0 amide bonds. The summed E-state index contributed by atoms with van der Waals surface area (Å²) in [4.78, 5) is 12.8. The van der Waals surface area contributed by atoms with Gasteiger partial charge in [-0.3, -0.25) is 9.69 Å². The van der Waals surface area contributed by atoms with E-state index in [2.05, 4.69) is 18.7 Å². The molecule has 1 aliphatic heterocycles. The number of aliphatic hydroxyl groups is 1. The first-order valence-electron chi connectivity index (χ1n) is 5.65. The molecule has 0 aliphatic carbocycles. The molecule has 1 heterocycles. The van der Waals surface area contributed by atoms with Crippen molar-refractivity contribution in [1.82, 2.24) is 4.90 Å². The van der Waals surface area contributed by atoms with Gasteiger partial charge in [0.2, 0.25) is 0 Å². The monoisotopic (exact) mass is 215 g/mol. The summed E-state index contributed by atoms with van der Waals surface area (Å²) in [6.45, 7) is 5.69. The molecule has 4 nitrogen and oxygen atoms in total. The van der Waals surface area contributed by atoms with Gasteiger partial charge in [-0.25, -0.2) is 0 Å². The van der Waals surface area contributed by atoms with Crippen molar-refractivity contribution in [3.8, 4) is 0 Å². The first-order chi connectivity index (χ1) is 6.97. The molecule has 0 spiro atoms. The molecule has 0 bridgehead atoms. The lowest BCUT2D eigenvalue weighted by Gasteiger charge is -2.41. The number of carbonyl (C=O) groups is 1. The number of nitrogens with zero attached hydrogens (tertiary/aromatic N) is 1. The number of piperidine rings is 1. The van der Waals surface area contributed by atoms with E-state index in [1.807, 2.05) is 0 Å². The molecule has 0 aromatic carbocycles. The third-order valence-corrected chi connectivity index (χ3v) is 3.28. The van der Waals surface area contributed by atoms with Crippen molar-refractivity contribution in [3.05, 3.63) is 0 Å². The van der Waals surface area contributed by atoms with E-state index in [0.29, 0.717) is 19.0 Å². The predicted octanol–water partition coefficient (Wildman–Crippen LogP) is 1.09. The molecule has 1 rings (SSSR count). The van der Waals surface area contributed by atoms with Crippen LogP contribution in [0.15, 0.2) is 0 Å². The molecule has 0 radical (unpaired) electrons. The zero-order chi connectivity index (χ0) is 11.5. The average Bonchev–Trinajstić information content (AvgIpc) is 2.14. The lowest BCUT2D eigenvalue weighted by Crippen LogP contribution is -2.51. The Kier molecular flexibility index (Phi) is 4.11. The Bertz CT molecular complexity index is 232. The van der Waals surface area contributed by atoms with E-state index >= 15 is 0 Å². The summed E-state index contributed by atoms with van der Waals surface area (Å²) in [6.07, 6.45) is 2.38. The van der Waals surface area contributed by atoms with Crippen LogP contribution in [0, 0.1) is 0 Å². The number of β-amino-alcohol motifs (C(OH)–C–C–N with tert-alkyl or cyclic N) is 1. The number of rotatable bonds is 4. The summed E-state index contributed by atoms with van der Waals surface area (Å²) in [7, 11) is 0. The van der Waals surface area contributed by atoms with Crippen LogP contribution in [0.25, 0.3) is 0 Å². The van der Waals surface area contributed by atoms with Gasteiger partial charge in [0.25, 0.3) is 0 Å². The Balaban J connectivity index is 2.57. The molecule has 0 aromatic rings. The second kappa shape index (κ2) is 4.94. The van der Waals surface area contributed by atoms with Gasteiger partial charge in [0.05, 0.1) is 12.0 Å². The predicted molar refractivity (Wildman–Crippen MR) is 57.8 cm³/mol. The zero-order valence-corrected chi connectivity index (χ0v) is 9.57. The lowest BCUT2D eigenvalue weighted by atomic mass is 9.89. The Morgan fingerprint density at radius 2 is 2.27 bits per heavy atom. The van der Waals surface area contributed by atoms with E-state index in [9.17, 15) is 9.90 Å². The van der Waals surface area contributed by atoms with Crippen molar-refractivity contribution in [2.75, 3.05) is 13.1 Å². The van der Waals surface area contributed by atoms with Crippen LogP contribution in [0.4, 0.5) is 0 Å². The van der Waals surface area contributed by atoms with Gasteiger partial charge in [0.15, 0.2) is 0 Å². The molecule has 2 unspecified atom stereocenters. The highest BCUT2D eigenvalue weighted by Crippen LogP contribution is 2.26. The molecular formula is C11H21NO3. The van der Waals surface area contributed by atoms with Gasteiger partial charge in [-0.2, -0.15) is 0 Å². The maximum Gasteiger partial charge on any atom is 0.306 e. The van der Waals surface area contributed by atoms with Gasteiger partial charge in [-0.05, 0) is 32.7 Å². The number of carboxylic acid groups (broad SMARTS) is 1. The van der Waals surface area contributed by atoms with Crippen molar-refractivity contribution in [2.45, 2.75) is 51.2 Å². The van der Waals surface area contributed by atoms with Crippen molar-refractivity contribution >= 4 is 5.97 Å². The van der Waals surface area contributed by atoms with Gasteiger partial charge in [-0.1, -0.05) is 6.92 Å². The first-order valence-corrected chi connectivity index (χ1v) is 5.65. The molecule has 1 aliphatic rings. The van der Waals surface area contributed by atoms with Gasteiger partial charge in [-0.15, -0.1) is 0 Å². The molecule has 15 heavy (non-hydrogen) atoms. The summed E-state index contributed by atoms with van der Waals surface area (Å²) in [5.74, 6) is -0.913. The van der Waals surface area contributed by atoms with Crippen molar-refractivity contribution < 1.29 is 15.0 Å². The summed E-state index contributed by atoms with van der Waals surface area (Å²) in [5.41, 5.74) is -1.02. The highest BCUT2D eigenvalue weighted by Gasteiger charge is 2.36. The number of likely N-dealkylation sites (tertiary alicyclic amines) is 1. The second-order valence-electron chi connectivity index (χ2n) is 4.63. The number of hydrogen-bond donors (Lipinski definition) is 2. The first kappa shape index (κ1) is 12.5. The van der Waals surface area contributed by atoms with E-state index in [1.54, 1.807) is 0 Å². The summed E-state index contributed by atoms with van der Waals surface area (Å²) >= 11 is 0. The molecule has 1 fully saturated rings. The van der Waals surface area contributed by atoms with Crippen LogP contribution in [-0.2, 0) is 4.79 Å². The average molecular weight is 215 g/mol. The molecule has 2 N–H and O–H groups in total. The number of hydrogen-bond acceptors (Lipinski definition) is 3. The third-order valence-electron chi connectivity index (χ3n) is 3.28. The van der Waals surface area contributed by atoms with Crippen molar-refractivity contribution in [3.63, 3.8) is 0 Å². The van der Waals surface area contributed by atoms with Crippen LogP contribution in [0.2, 0.25) is 0 Å². The second-order valence-corrected chi connectivity index (χ2v) is 4.63. The van der Waals surface area contributed by atoms with Crippen molar-refractivity contribution in [2.24, 2.45) is 0 Å². The fourth-order valence-corrected chi connectivity index (χ4v) is 2.21. The maximum atomic E-state index is 10.6. The summed E-state index contributed by atoms with van der Waals surface area (Å²) in [6, 6.07) is 0.422. The Morgan fingerprint density at radius 1 is 1.60 bits per heavy atom. The molecular weight excluding hydrogens is 194 g/mol.